The van der Waals surface area contributed by atoms with Crippen LogP contribution in [0.3, 0.4) is 0 Å². The van der Waals surface area contributed by atoms with Crippen molar-refractivity contribution < 1.29 is 14.4 Å². The number of primary amides is 1. The van der Waals surface area contributed by atoms with E-state index in [1.807, 2.05) is 27.7 Å². The van der Waals surface area contributed by atoms with Gasteiger partial charge in [0.1, 0.15) is 11.6 Å². The lowest BCUT2D eigenvalue weighted by atomic mass is 9.91. The standard InChI is InChI=1S/C17H32N4O3/c1-5-17(6-2,16(18)24)21-15(23)13(10-11(3)4)20-14(22)12-8-7-9-19-12/h11-13,19H,5-10H2,1-4H3,(H2,18,24)(H,20,22)(H,21,23)/t12-,13+/m0/s1. The number of carbonyl (C=O) groups is 3. The van der Waals surface area contributed by atoms with Crippen LogP contribution in [-0.4, -0.2) is 41.9 Å². The molecule has 24 heavy (non-hydrogen) atoms. The van der Waals surface area contributed by atoms with E-state index in [-0.39, 0.29) is 23.8 Å². The van der Waals surface area contributed by atoms with Gasteiger partial charge in [0, 0.05) is 0 Å². The van der Waals surface area contributed by atoms with Gasteiger partial charge in [0.05, 0.1) is 6.04 Å². The summed E-state index contributed by atoms with van der Waals surface area (Å²) in [6.07, 6.45) is 3.06. The van der Waals surface area contributed by atoms with Crippen molar-refractivity contribution >= 4 is 17.7 Å². The molecule has 3 amide bonds. The highest BCUT2D eigenvalue weighted by atomic mass is 16.2. The maximum atomic E-state index is 12.7. The van der Waals surface area contributed by atoms with E-state index in [0.717, 1.165) is 19.4 Å². The first-order chi connectivity index (χ1) is 11.3. The summed E-state index contributed by atoms with van der Waals surface area (Å²) in [6.45, 7) is 8.41. The maximum Gasteiger partial charge on any atom is 0.243 e. The molecule has 1 aliphatic heterocycles. The van der Waals surface area contributed by atoms with Crippen LogP contribution in [0.4, 0.5) is 0 Å². The molecular formula is C17H32N4O3. The molecule has 138 valence electrons. The highest BCUT2D eigenvalue weighted by molar-refractivity contribution is 5.94. The molecule has 0 radical (unpaired) electrons. The van der Waals surface area contributed by atoms with Crippen molar-refractivity contribution in [3.05, 3.63) is 0 Å². The van der Waals surface area contributed by atoms with Crippen LogP contribution in [0.5, 0.6) is 0 Å². The predicted molar refractivity (Wildman–Crippen MR) is 93.1 cm³/mol. The topological polar surface area (TPSA) is 113 Å². The van der Waals surface area contributed by atoms with Gasteiger partial charge in [0.25, 0.3) is 0 Å². The van der Waals surface area contributed by atoms with Crippen molar-refractivity contribution in [2.75, 3.05) is 6.54 Å². The van der Waals surface area contributed by atoms with Gasteiger partial charge in [-0.3, -0.25) is 14.4 Å². The zero-order valence-corrected chi connectivity index (χ0v) is 15.3. The summed E-state index contributed by atoms with van der Waals surface area (Å²) < 4.78 is 0. The second-order valence-electron chi connectivity index (χ2n) is 6.98. The van der Waals surface area contributed by atoms with Crippen LogP contribution in [0.25, 0.3) is 0 Å². The second kappa shape index (κ2) is 9.01. The zero-order chi connectivity index (χ0) is 18.3. The fraction of sp³-hybridized carbons (Fsp3) is 0.824. The first kappa shape index (κ1) is 20.4. The lowest BCUT2D eigenvalue weighted by molar-refractivity contribution is -0.135. The largest absolute Gasteiger partial charge is 0.368 e. The molecule has 1 aliphatic rings. The van der Waals surface area contributed by atoms with E-state index in [0.29, 0.717) is 19.3 Å². The third kappa shape index (κ3) is 5.19. The van der Waals surface area contributed by atoms with Gasteiger partial charge in [0.15, 0.2) is 0 Å². The van der Waals surface area contributed by atoms with E-state index in [9.17, 15) is 14.4 Å². The average molecular weight is 340 g/mol. The highest BCUT2D eigenvalue weighted by Crippen LogP contribution is 2.16. The van der Waals surface area contributed by atoms with Gasteiger partial charge in [-0.15, -0.1) is 0 Å². The Morgan fingerprint density at radius 2 is 1.88 bits per heavy atom. The summed E-state index contributed by atoms with van der Waals surface area (Å²) >= 11 is 0. The minimum absolute atomic E-state index is 0.161. The van der Waals surface area contributed by atoms with Gasteiger partial charge in [-0.1, -0.05) is 27.7 Å². The molecule has 0 saturated carbocycles. The van der Waals surface area contributed by atoms with E-state index in [1.165, 1.54) is 0 Å². The number of amides is 3. The van der Waals surface area contributed by atoms with Crippen LogP contribution in [0, 0.1) is 5.92 Å². The molecule has 0 spiro atoms. The Bertz CT molecular complexity index is 455. The SMILES string of the molecule is CCC(CC)(NC(=O)[C@@H](CC(C)C)NC(=O)[C@@H]1CCCN1)C(N)=O. The van der Waals surface area contributed by atoms with Crippen molar-refractivity contribution in [3.8, 4) is 0 Å². The molecule has 0 aromatic carbocycles. The molecule has 7 nitrogen and oxygen atoms in total. The third-order valence-corrected chi connectivity index (χ3v) is 4.76. The Hall–Kier alpha value is -1.63. The minimum atomic E-state index is -1.07. The van der Waals surface area contributed by atoms with Crippen LogP contribution in [-0.2, 0) is 14.4 Å². The molecular weight excluding hydrogens is 308 g/mol. The number of nitrogens with two attached hydrogens (primary N) is 1. The Morgan fingerprint density at radius 3 is 2.29 bits per heavy atom. The van der Waals surface area contributed by atoms with Gasteiger partial charge < -0.3 is 21.7 Å². The molecule has 1 fully saturated rings. The summed E-state index contributed by atoms with van der Waals surface area (Å²) in [5.74, 6) is -0.833. The van der Waals surface area contributed by atoms with Crippen molar-refractivity contribution in [2.45, 2.75) is 77.4 Å². The molecule has 0 aromatic rings. The predicted octanol–water partition coefficient (Wildman–Crippen LogP) is 0.430. The number of carbonyl (C=O) groups excluding carboxylic acids is 3. The summed E-state index contributed by atoms with van der Waals surface area (Å²) in [5.41, 5.74) is 4.43. The monoisotopic (exact) mass is 340 g/mol. The van der Waals surface area contributed by atoms with Crippen LogP contribution in [0.2, 0.25) is 0 Å². The zero-order valence-electron chi connectivity index (χ0n) is 15.3. The third-order valence-electron chi connectivity index (χ3n) is 4.76. The lowest BCUT2D eigenvalue weighted by Gasteiger charge is -2.32. The fourth-order valence-electron chi connectivity index (χ4n) is 3.04. The molecule has 0 aromatic heterocycles. The van der Waals surface area contributed by atoms with E-state index in [1.54, 1.807) is 0 Å². The molecule has 0 unspecified atom stereocenters. The minimum Gasteiger partial charge on any atom is -0.368 e. The second-order valence-corrected chi connectivity index (χ2v) is 6.98. The molecule has 1 rings (SSSR count). The smallest absolute Gasteiger partial charge is 0.243 e. The summed E-state index contributed by atoms with van der Waals surface area (Å²) in [4.78, 5) is 36.9. The molecule has 2 atom stereocenters. The molecule has 1 heterocycles. The first-order valence-electron chi connectivity index (χ1n) is 8.91. The van der Waals surface area contributed by atoms with E-state index < -0.39 is 17.5 Å². The van der Waals surface area contributed by atoms with Crippen molar-refractivity contribution in [1.82, 2.24) is 16.0 Å². The summed E-state index contributed by atoms with van der Waals surface area (Å²) in [7, 11) is 0. The van der Waals surface area contributed by atoms with E-state index >= 15 is 0 Å². The maximum absolute atomic E-state index is 12.7. The lowest BCUT2D eigenvalue weighted by Crippen LogP contribution is -2.61. The van der Waals surface area contributed by atoms with Crippen LogP contribution in [0.1, 0.15) is 59.8 Å². The number of hydrogen-bond donors (Lipinski definition) is 4. The van der Waals surface area contributed by atoms with Crippen molar-refractivity contribution in [3.63, 3.8) is 0 Å². The fourth-order valence-corrected chi connectivity index (χ4v) is 3.04. The van der Waals surface area contributed by atoms with Crippen molar-refractivity contribution in [1.29, 1.82) is 0 Å². The van der Waals surface area contributed by atoms with Gasteiger partial charge in [-0.05, 0) is 44.6 Å². The molecule has 5 N–H and O–H groups in total. The number of nitrogens with one attached hydrogen (secondary N) is 3. The van der Waals surface area contributed by atoms with E-state index in [4.69, 9.17) is 5.73 Å². The molecule has 1 saturated heterocycles. The van der Waals surface area contributed by atoms with Crippen LogP contribution in [0.15, 0.2) is 0 Å². The Labute approximate surface area is 144 Å². The normalized spacial score (nSPS) is 19.1. The first-order valence-corrected chi connectivity index (χ1v) is 8.91. The summed E-state index contributed by atoms with van der Waals surface area (Å²) in [5, 5.41) is 8.74. The molecule has 0 bridgehead atoms. The Kier molecular flexibility index (Phi) is 7.66. The van der Waals surface area contributed by atoms with Crippen LogP contribution < -0.4 is 21.7 Å². The van der Waals surface area contributed by atoms with E-state index in [2.05, 4.69) is 16.0 Å². The van der Waals surface area contributed by atoms with Gasteiger partial charge in [-0.25, -0.2) is 0 Å². The van der Waals surface area contributed by atoms with Crippen LogP contribution >= 0.6 is 0 Å². The Balaban J connectivity index is 2.83. The average Bonchev–Trinajstić information content (AvgIpc) is 3.05. The quantitative estimate of drug-likeness (QED) is 0.487. The Morgan fingerprint density at radius 1 is 1.25 bits per heavy atom. The highest BCUT2D eigenvalue weighted by Gasteiger charge is 2.37. The molecule has 0 aliphatic carbocycles. The van der Waals surface area contributed by atoms with Gasteiger partial charge in [-0.2, -0.15) is 0 Å². The van der Waals surface area contributed by atoms with Crippen molar-refractivity contribution in [2.24, 2.45) is 11.7 Å². The number of rotatable bonds is 9. The molecule has 7 heteroatoms. The van der Waals surface area contributed by atoms with Gasteiger partial charge >= 0.3 is 0 Å². The number of hydrogen-bond acceptors (Lipinski definition) is 4. The van der Waals surface area contributed by atoms with Gasteiger partial charge in [0.2, 0.25) is 17.7 Å². The summed E-state index contributed by atoms with van der Waals surface area (Å²) in [6, 6.07) is -0.914.